The number of aromatic amines is 1. The number of rotatable bonds is 9. The zero-order valence-electron chi connectivity index (χ0n) is 18.4. The Labute approximate surface area is 192 Å². The van der Waals surface area contributed by atoms with Gasteiger partial charge >= 0.3 is 0 Å². The molecule has 0 saturated heterocycles. The summed E-state index contributed by atoms with van der Waals surface area (Å²) >= 11 is 0. The average Bonchev–Trinajstić information content (AvgIpc) is 3.28. The Morgan fingerprint density at radius 1 is 0.970 bits per heavy atom. The van der Waals surface area contributed by atoms with E-state index in [0.717, 1.165) is 16.6 Å². The molecule has 0 unspecified atom stereocenters. The van der Waals surface area contributed by atoms with E-state index in [4.69, 9.17) is 4.74 Å². The molecule has 3 aromatic carbocycles. The number of aromatic nitrogens is 2. The van der Waals surface area contributed by atoms with Crippen molar-refractivity contribution in [2.75, 3.05) is 13.2 Å². The molecule has 7 heteroatoms. The molecule has 0 aliphatic carbocycles. The first-order valence-electron chi connectivity index (χ1n) is 10.9. The SMILES string of the molecule is CCOc1ccc(C(=O)NCC(=O)N[C@@H](Cc2ccccc2)c2nc3ccccc3[nH]2)cc1. The van der Waals surface area contributed by atoms with Gasteiger partial charge in [-0.15, -0.1) is 0 Å². The Balaban J connectivity index is 1.42. The molecule has 1 atom stereocenters. The summed E-state index contributed by atoms with van der Waals surface area (Å²) in [5.74, 6) is 0.750. The van der Waals surface area contributed by atoms with Crippen molar-refractivity contribution in [1.29, 1.82) is 0 Å². The third kappa shape index (κ3) is 5.77. The van der Waals surface area contributed by atoms with Gasteiger partial charge in [-0.05, 0) is 55.3 Å². The van der Waals surface area contributed by atoms with Gasteiger partial charge in [0.1, 0.15) is 11.6 Å². The lowest BCUT2D eigenvalue weighted by atomic mass is 10.1. The molecule has 0 saturated carbocycles. The highest BCUT2D eigenvalue weighted by Gasteiger charge is 2.19. The second-order valence-corrected chi connectivity index (χ2v) is 7.59. The van der Waals surface area contributed by atoms with Gasteiger partial charge in [-0.25, -0.2) is 4.98 Å². The molecule has 168 valence electrons. The van der Waals surface area contributed by atoms with E-state index >= 15 is 0 Å². The van der Waals surface area contributed by atoms with Crippen molar-refractivity contribution in [3.8, 4) is 5.75 Å². The van der Waals surface area contributed by atoms with Crippen LogP contribution in [0.4, 0.5) is 0 Å². The summed E-state index contributed by atoms with van der Waals surface area (Å²) in [6.07, 6.45) is 0.569. The second-order valence-electron chi connectivity index (χ2n) is 7.59. The molecule has 0 aliphatic heterocycles. The molecule has 7 nitrogen and oxygen atoms in total. The lowest BCUT2D eigenvalue weighted by Gasteiger charge is -2.17. The molecule has 0 radical (unpaired) electrons. The molecule has 33 heavy (non-hydrogen) atoms. The fourth-order valence-corrected chi connectivity index (χ4v) is 3.58. The van der Waals surface area contributed by atoms with Crippen LogP contribution in [0.1, 0.15) is 34.7 Å². The number of hydrogen-bond donors (Lipinski definition) is 3. The van der Waals surface area contributed by atoms with Crippen molar-refractivity contribution in [1.82, 2.24) is 20.6 Å². The van der Waals surface area contributed by atoms with Crippen molar-refractivity contribution in [2.45, 2.75) is 19.4 Å². The van der Waals surface area contributed by atoms with Gasteiger partial charge < -0.3 is 20.4 Å². The van der Waals surface area contributed by atoms with E-state index in [0.29, 0.717) is 30.2 Å². The Bertz CT molecular complexity index is 1190. The largest absolute Gasteiger partial charge is 0.494 e. The molecule has 2 amide bonds. The van der Waals surface area contributed by atoms with E-state index in [1.165, 1.54) is 0 Å². The average molecular weight is 443 g/mol. The quantitative estimate of drug-likeness (QED) is 0.367. The number of H-pyrrole nitrogens is 1. The summed E-state index contributed by atoms with van der Waals surface area (Å²) in [4.78, 5) is 33.1. The maximum absolute atomic E-state index is 12.7. The van der Waals surface area contributed by atoms with Gasteiger partial charge in [0.15, 0.2) is 0 Å². The number of carbonyl (C=O) groups is 2. The number of hydrogen-bond acceptors (Lipinski definition) is 4. The summed E-state index contributed by atoms with van der Waals surface area (Å²) in [6, 6.07) is 24.1. The number of nitrogens with one attached hydrogen (secondary N) is 3. The van der Waals surface area contributed by atoms with Gasteiger partial charge in [0, 0.05) is 5.56 Å². The standard InChI is InChI=1S/C26H26N4O3/c1-2-33-20-14-12-19(13-15-20)26(32)27-17-24(31)28-23(16-18-8-4-3-5-9-18)25-29-21-10-6-7-11-22(21)30-25/h3-15,23H,2,16-17H2,1H3,(H,27,32)(H,28,31)(H,29,30)/t23-/m0/s1. The van der Waals surface area contributed by atoms with Crippen LogP contribution in [0.15, 0.2) is 78.9 Å². The summed E-state index contributed by atoms with van der Waals surface area (Å²) in [5, 5.41) is 5.68. The van der Waals surface area contributed by atoms with E-state index in [-0.39, 0.29) is 24.4 Å². The van der Waals surface area contributed by atoms with E-state index in [9.17, 15) is 9.59 Å². The van der Waals surface area contributed by atoms with Crippen molar-refractivity contribution in [2.24, 2.45) is 0 Å². The first-order valence-corrected chi connectivity index (χ1v) is 10.9. The number of imidazole rings is 1. The molecule has 0 spiro atoms. The van der Waals surface area contributed by atoms with Crippen LogP contribution < -0.4 is 15.4 Å². The maximum Gasteiger partial charge on any atom is 0.251 e. The van der Waals surface area contributed by atoms with Gasteiger partial charge in [-0.2, -0.15) is 0 Å². The van der Waals surface area contributed by atoms with Crippen LogP contribution in [0.2, 0.25) is 0 Å². The minimum Gasteiger partial charge on any atom is -0.494 e. The number of nitrogens with zero attached hydrogens (tertiary/aromatic N) is 1. The highest BCUT2D eigenvalue weighted by molar-refractivity contribution is 5.96. The summed E-state index contributed by atoms with van der Waals surface area (Å²) in [5.41, 5.74) is 3.28. The van der Waals surface area contributed by atoms with Gasteiger partial charge in [-0.1, -0.05) is 42.5 Å². The van der Waals surface area contributed by atoms with E-state index < -0.39 is 0 Å². The monoisotopic (exact) mass is 442 g/mol. The first kappa shape index (κ1) is 22.1. The molecule has 0 bridgehead atoms. The third-order valence-electron chi connectivity index (χ3n) is 5.19. The molecule has 1 aromatic heterocycles. The zero-order chi connectivity index (χ0) is 23.0. The maximum atomic E-state index is 12.7. The lowest BCUT2D eigenvalue weighted by Crippen LogP contribution is -2.39. The normalized spacial score (nSPS) is 11.7. The van der Waals surface area contributed by atoms with Crippen LogP contribution >= 0.6 is 0 Å². The molecule has 1 heterocycles. The predicted molar refractivity (Wildman–Crippen MR) is 127 cm³/mol. The second kappa shape index (κ2) is 10.5. The molecule has 0 fully saturated rings. The van der Waals surface area contributed by atoms with Crippen LogP contribution in [0, 0.1) is 0 Å². The smallest absolute Gasteiger partial charge is 0.251 e. The molecular weight excluding hydrogens is 416 g/mol. The number of ether oxygens (including phenoxy) is 1. The van der Waals surface area contributed by atoms with Crippen LogP contribution in [0.3, 0.4) is 0 Å². The first-order chi connectivity index (χ1) is 16.1. The van der Waals surface area contributed by atoms with E-state index in [2.05, 4.69) is 20.6 Å². The van der Waals surface area contributed by atoms with Crippen LogP contribution in [-0.4, -0.2) is 34.9 Å². The number of benzene rings is 3. The molecule has 3 N–H and O–H groups in total. The Hall–Kier alpha value is -4.13. The fourth-order valence-electron chi connectivity index (χ4n) is 3.58. The van der Waals surface area contributed by atoms with Crippen molar-refractivity contribution >= 4 is 22.8 Å². The summed E-state index contributed by atoms with van der Waals surface area (Å²) in [6.45, 7) is 2.31. The van der Waals surface area contributed by atoms with Crippen LogP contribution in [0.5, 0.6) is 5.75 Å². The van der Waals surface area contributed by atoms with E-state index in [1.807, 2.05) is 61.5 Å². The Morgan fingerprint density at radius 2 is 1.70 bits per heavy atom. The van der Waals surface area contributed by atoms with E-state index in [1.54, 1.807) is 24.3 Å². The Kier molecular flexibility index (Phi) is 6.99. The lowest BCUT2D eigenvalue weighted by molar-refractivity contribution is -0.120. The topological polar surface area (TPSA) is 96.1 Å². The fraction of sp³-hybridized carbons (Fsp3) is 0.192. The number of amides is 2. The van der Waals surface area contributed by atoms with Crippen molar-refractivity contribution in [3.05, 3.63) is 95.8 Å². The molecule has 0 aliphatic rings. The molecule has 4 aromatic rings. The summed E-state index contributed by atoms with van der Waals surface area (Å²) < 4.78 is 5.39. The number of carbonyl (C=O) groups excluding carboxylic acids is 2. The number of fused-ring (bicyclic) bond motifs is 1. The molecule has 4 rings (SSSR count). The highest BCUT2D eigenvalue weighted by atomic mass is 16.5. The summed E-state index contributed by atoms with van der Waals surface area (Å²) in [7, 11) is 0. The Morgan fingerprint density at radius 3 is 2.42 bits per heavy atom. The third-order valence-corrected chi connectivity index (χ3v) is 5.19. The zero-order valence-corrected chi connectivity index (χ0v) is 18.4. The minimum absolute atomic E-state index is 0.141. The van der Waals surface area contributed by atoms with Gasteiger partial charge in [-0.3, -0.25) is 9.59 Å². The molecular formula is C26H26N4O3. The van der Waals surface area contributed by atoms with Crippen LogP contribution in [-0.2, 0) is 11.2 Å². The van der Waals surface area contributed by atoms with Crippen LogP contribution in [0.25, 0.3) is 11.0 Å². The van der Waals surface area contributed by atoms with Gasteiger partial charge in [0.25, 0.3) is 5.91 Å². The van der Waals surface area contributed by atoms with Crippen molar-refractivity contribution in [3.63, 3.8) is 0 Å². The van der Waals surface area contributed by atoms with Crippen molar-refractivity contribution < 1.29 is 14.3 Å². The predicted octanol–water partition coefficient (Wildman–Crippen LogP) is 3.79. The number of para-hydroxylation sites is 2. The van der Waals surface area contributed by atoms with Gasteiger partial charge in [0.2, 0.25) is 5.91 Å². The minimum atomic E-state index is -0.366. The highest BCUT2D eigenvalue weighted by Crippen LogP contribution is 2.20. The van der Waals surface area contributed by atoms with Gasteiger partial charge in [0.05, 0.1) is 30.2 Å².